The molecule has 76 valence electrons. The molecule has 0 heterocycles. The fraction of sp³-hybridized carbons (Fsp3) is 0.0833. The quantitative estimate of drug-likeness (QED) is 0.778. The van der Waals surface area contributed by atoms with Gasteiger partial charge in [-0.1, -0.05) is 30.3 Å². The largest absolute Gasteiger partial charge is 0.387 e. The zero-order valence-corrected chi connectivity index (χ0v) is 8.10. The van der Waals surface area contributed by atoms with Crippen LogP contribution in [0, 0.1) is 0 Å². The van der Waals surface area contributed by atoms with Crippen molar-refractivity contribution in [2.45, 2.75) is 0 Å². The normalized spacial score (nSPS) is 10.2. The molecule has 2 rings (SSSR count). The van der Waals surface area contributed by atoms with Gasteiger partial charge in [0.25, 0.3) is 0 Å². The van der Waals surface area contributed by atoms with Gasteiger partial charge < -0.3 is 10.4 Å². The van der Waals surface area contributed by atoms with Crippen molar-refractivity contribution in [3.05, 3.63) is 42.5 Å². The number of benzene rings is 2. The molecule has 0 saturated carbocycles. The van der Waals surface area contributed by atoms with Crippen LogP contribution in [0.15, 0.2) is 42.5 Å². The minimum atomic E-state index is -0.493. The highest BCUT2D eigenvalue weighted by atomic mass is 16.3. The number of hydrogen-bond donors (Lipinski definition) is 2. The van der Waals surface area contributed by atoms with Crippen LogP contribution in [-0.4, -0.2) is 17.6 Å². The van der Waals surface area contributed by atoms with Crippen LogP contribution in [0.5, 0.6) is 0 Å². The molecular weight excluding hydrogens is 190 g/mol. The minimum absolute atomic E-state index is 0.398. The monoisotopic (exact) mass is 201 g/mol. The first-order valence-corrected chi connectivity index (χ1v) is 4.69. The number of fused-ring (bicyclic) bond motifs is 1. The molecule has 2 N–H and O–H groups in total. The molecule has 0 aliphatic rings. The molecule has 0 unspecified atom stereocenters. The molecule has 2 aromatic rings. The van der Waals surface area contributed by atoms with E-state index in [4.69, 9.17) is 5.11 Å². The molecule has 0 aliphatic carbocycles. The fourth-order valence-electron chi connectivity index (χ4n) is 1.47. The number of aliphatic hydroxyl groups is 1. The van der Waals surface area contributed by atoms with Crippen LogP contribution in [0.2, 0.25) is 0 Å². The summed E-state index contributed by atoms with van der Waals surface area (Å²) in [4.78, 5) is 11.0. The lowest BCUT2D eigenvalue weighted by Gasteiger charge is -2.04. The molecular formula is C12H11NO2. The van der Waals surface area contributed by atoms with Crippen molar-refractivity contribution in [1.82, 2.24) is 0 Å². The molecule has 0 radical (unpaired) electrons. The van der Waals surface area contributed by atoms with Crippen molar-refractivity contribution < 1.29 is 9.90 Å². The van der Waals surface area contributed by atoms with Gasteiger partial charge in [-0.2, -0.15) is 0 Å². The zero-order chi connectivity index (χ0) is 10.7. The second-order valence-corrected chi connectivity index (χ2v) is 3.27. The molecule has 0 saturated heterocycles. The Labute approximate surface area is 87.3 Å². The van der Waals surface area contributed by atoms with Crippen molar-refractivity contribution in [2.75, 3.05) is 11.9 Å². The smallest absolute Gasteiger partial charge is 0.250 e. The summed E-state index contributed by atoms with van der Waals surface area (Å²) < 4.78 is 0. The summed E-state index contributed by atoms with van der Waals surface area (Å²) in [6, 6.07) is 13.5. The van der Waals surface area contributed by atoms with E-state index >= 15 is 0 Å². The molecule has 0 bridgehead atoms. The van der Waals surface area contributed by atoms with E-state index in [0.29, 0.717) is 5.69 Å². The van der Waals surface area contributed by atoms with Crippen molar-refractivity contribution >= 4 is 22.4 Å². The van der Waals surface area contributed by atoms with E-state index in [1.807, 2.05) is 42.5 Å². The predicted molar refractivity (Wildman–Crippen MR) is 59.7 cm³/mol. The third-order valence-electron chi connectivity index (χ3n) is 2.18. The molecule has 2 aromatic carbocycles. The Morgan fingerprint density at radius 1 is 1.13 bits per heavy atom. The van der Waals surface area contributed by atoms with E-state index in [1.54, 1.807) is 0 Å². The summed E-state index contributed by atoms with van der Waals surface area (Å²) in [7, 11) is 0. The lowest BCUT2D eigenvalue weighted by molar-refractivity contribution is -0.118. The average molecular weight is 201 g/mol. The Bertz CT molecular complexity index is 494. The number of hydrogen-bond acceptors (Lipinski definition) is 2. The third-order valence-corrected chi connectivity index (χ3v) is 2.18. The maximum Gasteiger partial charge on any atom is 0.250 e. The van der Waals surface area contributed by atoms with E-state index in [0.717, 1.165) is 10.8 Å². The van der Waals surface area contributed by atoms with Gasteiger partial charge in [0.05, 0.1) is 0 Å². The van der Waals surface area contributed by atoms with E-state index in [9.17, 15) is 4.79 Å². The second kappa shape index (κ2) is 4.11. The SMILES string of the molecule is O=C(CO)Nc1ccc2ccccc2c1. The maximum absolute atomic E-state index is 11.0. The second-order valence-electron chi connectivity index (χ2n) is 3.27. The van der Waals surface area contributed by atoms with Crippen molar-refractivity contribution in [3.63, 3.8) is 0 Å². The average Bonchev–Trinajstić information content (AvgIpc) is 2.29. The Morgan fingerprint density at radius 2 is 1.87 bits per heavy atom. The Morgan fingerprint density at radius 3 is 2.60 bits per heavy atom. The molecule has 0 spiro atoms. The van der Waals surface area contributed by atoms with Crippen molar-refractivity contribution in [2.24, 2.45) is 0 Å². The number of nitrogens with one attached hydrogen (secondary N) is 1. The summed E-state index contributed by atoms with van der Waals surface area (Å²) >= 11 is 0. The van der Waals surface area contributed by atoms with Crippen LogP contribution in [0.3, 0.4) is 0 Å². The van der Waals surface area contributed by atoms with Gasteiger partial charge in [-0.3, -0.25) is 4.79 Å². The molecule has 1 amide bonds. The van der Waals surface area contributed by atoms with E-state index in [-0.39, 0.29) is 0 Å². The number of carbonyl (C=O) groups excluding carboxylic acids is 1. The number of aliphatic hydroxyl groups excluding tert-OH is 1. The van der Waals surface area contributed by atoms with Gasteiger partial charge in [0.15, 0.2) is 0 Å². The fourth-order valence-corrected chi connectivity index (χ4v) is 1.47. The standard InChI is InChI=1S/C12H11NO2/c14-8-12(15)13-11-6-5-9-3-1-2-4-10(9)7-11/h1-7,14H,8H2,(H,13,15). The highest BCUT2D eigenvalue weighted by Gasteiger charge is 2.00. The minimum Gasteiger partial charge on any atom is -0.387 e. The molecule has 0 aliphatic heterocycles. The van der Waals surface area contributed by atoms with Crippen molar-refractivity contribution in [3.8, 4) is 0 Å². The van der Waals surface area contributed by atoms with E-state index < -0.39 is 12.5 Å². The topological polar surface area (TPSA) is 49.3 Å². The van der Waals surface area contributed by atoms with Crippen LogP contribution in [0.1, 0.15) is 0 Å². The number of rotatable bonds is 2. The molecule has 0 atom stereocenters. The Kier molecular flexibility index (Phi) is 2.65. The zero-order valence-electron chi connectivity index (χ0n) is 8.10. The Hall–Kier alpha value is -1.87. The van der Waals surface area contributed by atoms with Crippen LogP contribution in [0.4, 0.5) is 5.69 Å². The van der Waals surface area contributed by atoms with Gasteiger partial charge in [-0.15, -0.1) is 0 Å². The van der Waals surface area contributed by atoms with Crippen LogP contribution < -0.4 is 5.32 Å². The molecule has 15 heavy (non-hydrogen) atoms. The van der Waals surface area contributed by atoms with Crippen molar-refractivity contribution in [1.29, 1.82) is 0 Å². The van der Waals surface area contributed by atoms with E-state index in [2.05, 4.69) is 5.32 Å². The highest BCUT2D eigenvalue weighted by Crippen LogP contribution is 2.18. The molecule has 0 fully saturated rings. The van der Waals surface area contributed by atoms with Crippen LogP contribution >= 0.6 is 0 Å². The predicted octanol–water partition coefficient (Wildman–Crippen LogP) is 1.77. The molecule has 3 nitrogen and oxygen atoms in total. The van der Waals surface area contributed by atoms with Gasteiger partial charge in [0, 0.05) is 5.69 Å². The highest BCUT2D eigenvalue weighted by molar-refractivity contribution is 5.94. The number of anilines is 1. The van der Waals surface area contributed by atoms with Crippen LogP contribution in [-0.2, 0) is 4.79 Å². The summed E-state index contributed by atoms with van der Waals surface area (Å²) in [5.74, 6) is -0.398. The first-order chi connectivity index (χ1) is 7.29. The van der Waals surface area contributed by atoms with Gasteiger partial charge in [-0.05, 0) is 22.9 Å². The molecule has 0 aromatic heterocycles. The number of carbonyl (C=O) groups is 1. The van der Waals surface area contributed by atoms with E-state index in [1.165, 1.54) is 0 Å². The summed E-state index contributed by atoms with van der Waals surface area (Å²) in [5.41, 5.74) is 0.702. The lowest BCUT2D eigenvalue weighted by atomic mass is 10.1. The van der Waals surface area contributed by atoms with Gasteiger partial charge in [0.2, 0.25) is 5.91 Å². The summed E-state index contributed by atoms with van der Waals surface area (Å²) in [6.07, 6.45) is 0. The van der Waals surface area contributed by atoms with Gasteiger partial charge in [0.1, 0.15) is 6.61 Å². The summed E-state index contributed by atoms with van der Waals surface area (Å²) in [6.45, 7) is -0.493. The van der Waals surface area contributed by atoms with Crippen LogP contribution in [0.25, 0.3) is 10.8 Å². The first kappa shape index (κ1) is 9.68. The molecule has 3 heteroatoms. The third kappa shape index (κ3) is 2.14. The first-order valence-electron chi connectivity index (χ1n) is 4.69. The number of amides is 1. The maximum atomic E-state index is 11.0. The van der Waals surface area contributed by atoms with Gasteiger partial charge >= 0.3 is 0 Å². The Balaban J connectivity index is 2.34. The summed E-state index contributed by atoms with van der Waals surface area (Å²) in [5, 5.41) is 13.4. The lowest BCUT2D eigenvalue weighted by Crippen LogP contribution is -2.15. The van der Waals surface area contributed by atoms with Gasteiger partial charge in [-0.25, -0.2) is 0 Å².